The molecule has 1 saturated carbocycles. The summed E-state index contributed by atoms with van der Waals surface area (Å²) in [5, 5.41) is 2.87. The van der Waals surface area contributed by atoms with Gasteiger partial charge in [-0.05, 0) is 31.4 Å². The molecular weight excluding hydrogens is 302 g/mol. The Labute approximate surface area is 144 Å². The Bertz CT molecular complexity index is 555. The van der Waals surface area contributed by atoms with E-state index in [1.165, 1.54) is 0 Å². The summed E-state index contributed by atoms with van der Waals surface area (Å²) >= 11 is 0. The first-order valence-corrected chi connectivity index (χ1v) is 8.80. The van der Waals surface area contributed by atoms with E-state index in [-0.39, 0.29) is 17.9 Å². The Morgan fingerprint density at radius 3 is 2.67 bits per heavy atom. The van der Waals surface area contributed by atoms with Crippen molar-refractivity contribution in [3.8, 4) is 0 Å². The van der Waals surface area contributed by atoms with Gasteiger partial charge in [-0.25, -0.2) is 0 Å². The third-order valence-electron chi connectivity index (χ3n) is 4.24. The molecule has 0 radical (unpaired) electrons. The first-order chi connectivity index (χ1) is 11.7. The summed E-state index contributed by atoms with van der Waals surface area (Å²) in [7, 11) is 0. The molecule has 0 aromatic carbocycles. The van der Waals surface area contributed by atoms with Crippen LogP contribution in [0.25, 0.3) is 0 Å². The molecular formula is C19H27N3O2. The molecule has 0 saturated heterocycles. The number of unbranched alkanes of at least 4 members (excludes halogenated alkanes) is 2. The standard InChI is InChI=1S/C19H27N3O2/c1-3-5-6-7-17(18(23)21-12-4-2)22(16-8-9-16)19(24)15-10-13-20-14-11-15/h4,10-11,13-14,16-17H,2-3,5-9,12H2,1H3,(H,21,23). The molecule has 1 N–H and O–H groups in total. The van der Waals surface area contributed by atoms with E-state index in [9.17, 15) is 9.59 Å². The number of nitrogens with one attached hydrogen (secondary N) is 1. The van der Waals surface area contributed by atoms with E-state index >= 15 is 0 Å². The van der Waals surface area contributed by atoms with Crippen LogP contribution < -0.4 is 5.32 Å². The van der Waals surface area contributed by atoms with Crippen molar-refractivity contribution < 1.29 is 9.59 Å². The van der Waals surface area contributed by atoms with Gasteiger partial charge in [0.25, 0.3) is 5.91 Å². The third kappa shape index (κ3) is 4.91. The molecule has 2 rings (SSSR count). The van der Waals surface area contributed by atoms with E-state index in [0.717, 1.165) is 32.1 Å². The lowest BCUT2D eigenvalue weighted by molar-refractivity contribution is -0.126. The number of hydrogen-bond donors (Lipinski definition) is 1. The highest BCUT2D eigenvalue weighted by molar-refractivity contribution is 5.97. The van der Waals surface area contributed by atoms with Crippen molar-refractivity contribution in [2.75, 3.05) is 6.54 Å². The Hall–Kier alpha value is -2.17. The van der Waals surface area contributed by atoms with Crippen molar-refractivity contribution in [3.63, 3.8) is 0 Å². The predicted molar refractivity (Wildman–Crippen MR) is 94.6 cm³/mol. The first-order valence-electron chi connectivity index (χ1n) is 8.80. The second-order valence-electron chi connectivity index (χ2n) is 6.22. The van der Waals surface area contributed by atoms with Gasteiger partial charge in [0.15, 0.2) is 0 Å². The van der Waals surface area contributed by atoms with Crippen molar-refractivity contribution in [1.82, 2.24) is 15.2 Å². The molecule has 1 aliphatic carbocycles. The Kier molecular flexibility index (Phi) is 6.97. The number of carbonyl (C=O) groups excluding carboxylic acids is 2. The highest BCUT2D eigenvalue weighted by Gasteiger charge is 2.40. The third-order valence-corrected chi connectivity index (χ3v) is 4.24. The van der Waals surface area contributed by atoms with Gasteiger partial charge in [0.1, 0.15) is 6.04 Å². The molecule has 1 aromatic rings. The van der Waals surface area contributed by atoms with Gasteiger partial charge in [-0.15, -0.1) is 6.58 Å². The Balaban J connectivity index is 2.19. The molecule has 1 heterocycles. The van der Waals surface area contributed by atoms with E-state index < -0.39 is 6.04 Å². The first kappa shape index (κ1) is 18.2. The summed E-state index contributed by atoms with van der Waals surface area (Å²) in [6.45, 7) is 6.19. The maximum Gasteiger partial charge on any atom is 0.254 e. The molecule has 0 spiro atoms. The lowest BCUT2D eigenvalue weighted by atomic mass is 10.0. The van der Waals surface area contributed by atoms with E-state index in [0.29, 0.717) is 18.5 Å². The quantitative estimate of drug-likeness (QED) is 0.530. The lowest BCUT2D eigenvalue weighted by Crippen LogP contribution is -2.50. The Morgan fingerprint density at radius 2 is 2.08 bits per heavy atom. The predicted octanol–water partition coefficient (Wildman–Crippen LogP) is 2.94. The van der Waals surface area contributed by atoms with Gasteiger partial charge in [-0.3, -0.25) is 14.6 Å². The SMILES string of the molecule is C=CCNC(=O)C(CCCCC)N(C(=O)c1ccncc1)C1CC1. The molecule has 1 unspecified atom stereocenters. The van der Waals surface area contributed by atoms with Crippen LogP contribution in [0.3, 0.4) is 0 Å². The van der Waals surface area contributed by atoms with Crippen LogP contribution in [0.1, 0.15) is 55.8 Å². The second-order valence-corrected chi connectivity index (χ2v) is 6.22. The monoisotopic (exact) mass is 329 g/mol. The maximum atomic E-state index is 13.0. The number of pyridine rings is 1. The molecule has 1 aliphatic rings. The summed E-state index contributed by atoms with van der Waals surface area (Å²) in [4.78, 5) is 31.4. The van der Waals surface area contributed by atoms with Gasteiger partial charge < -0.3 is 10.2 Å². The highest BCUT2D eigenvalue weighted by atomic mass is 16.2. The average molecular weight is 329 g/mol. The van der Waals surface area contributed by atoms with Crippen LogP contribution >= 0.6 is 0 Å². The zero-order chi connectivity index (χ0) is 17.4. The average Bonchev–Trinajstić information content (AvgIpc) is 3.44. The fourth-order valence-electron chi connectivity index (χ4n) is 2.83. The van der Waals surface area contributed by atoms with E-state index in [1.807, 2.05) is 0 Å². The number of carbonyl (C=O) groups is 2. The van der Waals surface area contributed by atoms with Crippen molar-refractivity contribution in [2.45, 2.75) is 57.5 Å². The summed E-state index contributed by atoms with van der Waals surface area (Å²) < 4.78 is 0. The summed E-state index contributed by atoms with van der Waals surface area (Å²) in [6.07, 6.45) is 10.6. The van der Waals surface area contributed by atoms with Crippen LogP contribution in [0, 0.1) is 0 Å². The molecule has 2 amide bonds. The highest BCUT2D eigenvalue weighted by Crippen LogP contribution is 2.31. The van der Waals surface area contributed by atoms with Crippen LogP contribution in [0.15, 0.2) is 37.2 Å². The zero-order valence-electron chi connectivity index (χ0n) is 14.4. The van der Waals surface area contributed by atoms with Gasteiger partial charge in [0, 0.05) is 30.5 Å². The minimum absolute atomic E-state index is 0.0739. The van der Waals surface area contributed by atoms with Crippen molar-refractivity contribution in [2.24, 2.45) is 0 Å². The minimum Gasteiger partial charge on any atom is -0.351 e. The molecule has 0 bridgehead atoms. The fourth-order valence-corrected chi connectivity index (χ4v) is 2.83. The molecule has 130 valence electrons. The van der Waals surface area contributed by atoms with Crippen LogP contribution in [0.4, 0.5) is 0 Å². The number of rotatable bonds is 10. The van der Waals surface area contributed by atoms with Crippen molar-refractivity contribution >= 4 is 11.8 Å². The van der Waals surface area contributed by atoms with Crippen LogP contribution in [-0.4, -0.2) is 40.3 Å². The summed E-state index contributed by atoms with van der Waals surface area (Å²) in [5.74, 6) is -0.157. The van der Waals surface area contributed by atoms with Crippen LogP contribution in [0.2, 0.25) is 0 Å². The minimum atomic E-state index is -0.412. The molecule has 24 heavy (non-hydrogen) atoms. The molecule has 5 heteroatoms. The van der Waals surface area contributed by atoms with Gasteiger partial charge in [0.2, 0.25) is 5.91 Å². The van der Waals surface area contributed by atoms with Gasteiger partial charge in [0.05, 0.1) is 0 Å². The number of amides is 2. The van der Waals surface area contributed by atoms with E-state index in [2.05, 4.69) is 23.8 Å². The summed E-state index contributed by atoms with van der Waals surface area (Å²) in [6, 6.07) is 3.18. The fraction of sp³-hybridized carbons (Fsp3) is 0.526. The smallest absolute Gasteiger partial charge is 0.254 e. The largest absolute Gasteiger partial charge is 0.351 e. The maximum absolute atomic E-state index is 13.0. The number of aromatic nitrogens is 1. The molecule has 1 atom stereocenters. The van der Waals surface area contributed by atoms with E-state index in [4.69, 9.17) is 0 Å². The van der Waals surface area contributed by atoms with Crippen LogP contribution in [-0.2, 0) is 4.79 Å². The zero-order valence-corrected chi connectivity index (χ0v) is 14.4. The lowest BCUT2D eigenvalue weighted by Gasteiger charge is -2.31. The molecule has 5 nitrogen and oxygen atoms in total. The second kappa shape index (κ2) is 9.21. The topological polar surface area (TPSA) is 62.3 Å². The molecule has 1 fully saturated rings. The van der Waals surface area contributed by atoms with Gasteiger partial charge in [-0.2, -0.15) is 0 Å². The molecule has 1 aromatic heterocycles. The van der Waals surface area contributed by atoms with Gasteiger partial charge in [-0.1, -0.05) is 32.3 Å². The number of hydrogen-bond acceptors (Lipinski definition) is 3. The normalized spacial score (nSPS) is 14.7. The number of nitrogens with zero attached hydrogens (tertiary/aromatic N) is 2. The molecule has 0 aliphatic heterocycles. The Morgan fingerprint density at radius 1 is 1.38 bits per heavy atom. The van der Waals surface area contributed by atoms with Crippen molar-refractivity contribution in [1.29, 1.82) is 0 Å². The van der Waals surface area contributed by atoms with Gasteiger partial charge >= 0.3 is 0 Å². The van der Waals surface area contributed by atoms with Crippen LogP contribution in [0.5, 0.6) is 0 Å². The summed E-state index contributed by atoms with van der Waals surface area (Å²) in [5.41, 5.74) is 0.592. The van der Waals surface area contributed by atoms with Crippen molar-refractivity contribution in [3.05, 3.63) is 42.7 Å². The van der Waals surface area contributed by atoms with E-state index in [1.54, 1.807) is 35.5 Å².